The molecule has 0 aromatic carbocycles. The fourth-order valence-corrected chi connectivity index (χ4v) is 3.02. The lowest BCUT2D eigenvalue weighted by Crippen LogP contribution is -2.56. The van der Waals surface area contributed by atoms with Crippen molar-refractivity contribution in [3.8, 4) is 0 Å². The van der Waals surface area contributed by atoms with Crippen LogP contribution in [0.15, 0.2) is 11.8 Å². The molecule has 24 heavy (non-hydrogen) atoms. The van der Waals surface area contributed by atoms with E-state index in [9.17, 15) is 40.0 Å². The smallest absolute Gasteiger partial charge is 0.467 e. The van der Waals surface area contributed by atoms with Gasteiger partial charge in [0.25, 0.3) is 5.91 Å². The molecule has 1 unspecified atom stereocenters. The van der Waals surface area contributed by atoms with E-state index in [0.717, 1.165) is 7.11 Å². The molecule has 0 saturated carbocycles. The van der Waals surface area contributed by atoms with E-state index in [1.54, 1.807) is 0 Å². The average molecular weight is 379 g/mol. The van der Waals surface area contributed by atoms with E-state index in [4.69, 9.17) is 0 Å². The number of hydrogen-bond donors (Lipinski definition) is 0. The molecule has 2 heterocycles. The van der Waals surface area contributed by atoms with Gasteiger partial charge in [0.15, 0.2) is 5.76 Å². The first-order valence-electron chi connectivity index (χ1n) is 6.33. The van der Waals surface area contributed by atoms with Crippen molar-refractivity contribution in [3.05, 3.63) is 11.8 Å². The molecule has 0 aliphatic carbocycles. The molecule has 0 N–H and O–H groups in total. The van der Waals surface area contributed by atoms with E-state index >= 15 is 0 Å². The molecule has 2 atom stereocenters. The Morgan fingerprint density at radius 3 is 2.42 bits per heavy atom. The van der Waals surface area contributed by atoms with Gasteiger partial charge in [-0.25, -0.2) is 4.79 Å². The number of hydrogen-bond acceptors (Lipinski definition) is 6. The number of nitrogens with zero attached hydrogens (tertiary/aromatic N) is 1. The second-order valence-corrected chi connectivity index (χ2v) is 6.53. The number of amides is 1. The number of rotatable bonds is 3. The zero-order valence-corrected chi connectivity index (χ0v) is 12.7. The number of ether oxygens (including phenoxy) is 1. The zero-order valence-electron chi connectivity index (χ0n) is 11.8. The van der Waals surface area contributed by atoms with Gasteiger partial charge in [0, 0.05) is 6.08 Å². The maximum Gasteiger partial charge on any atom is 0.534 e. The summed E-state index contributed by atoms with van der Waals surface area (Å²) < 4.78 is 95.0. The average Bonchev–Trinajstić information content (AvgIpc) is 2.89. The van der Waals surface area contributed by atoms with Crippen LogP contribution in [0.3, 0.4) is 0 Å². The fraction of sp³-hybridized carbons (Fsp3) is 0.636. The van der Waals surface area contributed by atoms with E-state index in [2.05, 4.69) is 8.92 Å². The molecular formula is C11H10F5NO6S. The first-order valence-corrected chi connectivity index (χ1v) is 7.74. The van der Waals surface area contributed by atoms with Gasteiger partial charge in [-0.3, -0.25) is 4.79 Å². The van der Waals surface area contributed by atoms with E-state index in [1.807, 2.05) is 0 Å². The van der Waals surface area contributed by atoms with Crippen LogP contribution in [-0.2, 0) is 28.6 Å². The molecule has 1 saturated heterocycles. The highest BCUT2D eigenvalue weighted by Gasteiger charge is 2.61. The van der Waals surface area contributed by atoms with Gasteiger partial charge in [0.05, 0.1) is 7.11 Å². The second kappa shape index (κ2) is 5.57. The summed E-state index contributed by atoms with van der Waals surface area (Å²) in [4.78, 5) is 23.9. The molecular weight excluding hydrogens is 369 g/mol. The van der Waals surface area contributed by atoms with Crippen molar-refractivity contribution < 1.29 is 48.9 Å². The van der Waals surface area contributed by atoms with E-state index in [1.165, 1.54) is 0 Å². The van der Waals surface area contributed by atoms with Crippen LogP contribution in [-0.4, -0.2) is 55.8 Å². The Balaban J connectivity index is 2.40. The van der Waals surface area contributed by atoms with E-state index in [0.29, 0.717) is 4.90 Å². The molecule has 2 rings (SSSR count). The van der Waals surface area contributed by atoms with Crippen molar-refractivity contribution >= 4 is 22.0 Å². The van der Waals surface area contributed by atoms with Crippen molar-refractivity contribution in [2.24, 2.45) is 0 Å². The van der Waals surface area contributed by atoms with Crippen LogP contribution in [0.1, 0.15) is 12.8 Å². The summed E-state index contributed by atoms with van der Waals surface area (Å²) in [6, 6.07) is -3.35. The molecule has 2 aliphatic rings. The zero-order chi connectivity index (χ0) is 18.5. The van der Waals surface area contributed by atoms with E-state index < -0.39 is 57.7 Å². The van der Waals surface area contributed by atoms with Crippen LogP contribution in [0.2, 0.25) is 0 Å². The van der Waals surface area contributed by atoms with Crippen LogP contribution >= 0.6 is 0 Å². The summed E-state index contributed by atoms with van der Waals surface area (Å²) in [6.45, 7) is 0. The largest absolute Gasteiger partial charge is 0.534 e. The summed E-state index contributed by atoms with van der Waals surface area (Å²) >= 11 is 0. The van der Waals surface area contributed by atoms with E-state index in [-0.39, 0.29) is 12.5 Å². The molecule has 0 spiro atoms. The number of fused-ring (bicyclic) bond motifs is 1. The number of carbonyl (C=O) groups is 2. The highest BCUT2D eigenvalue weighted by Crippen LogP contribution is 2.44. The number of carbonyl (C=O) groups excluding carboxylic acids is 2. The Bertz CT molecular complexity index is 700. The second-order valence-electron chi connectivity index (χ2n) is 4.99. The van der Waals surface area contributed by atoms with Gasteiger partial charge in [-0.1, -0.05) is 0 Å². The third kappa shape index (κ3) is 2.80. The van der Waals surface area contributed by atoms with Crippen molar-refractivity contribution in [2.45, 2.75) is 36.4 Å². The Morgan fingerprint density at radius 1 is 1.33 bits per heavy atom. The van der Waals surface area contributed by atoms with Gasteiger partial charge in [0.2, 0.25) is 0 Å². The first kappa shape index (κ1) is 18.4. The molecule has 0 radical (unpaired) electrons. The minimum Gasteiger partial charge on any atom is -0.467 e. The highest BCUT2D eigenvalue weighted by atomic mass is 32.2. The van der Waals surface area contributed by atoms with Gasteiger partial charge in [-0.2, -0.15) is 30.4 Å². The van der Waals surface area contributed by atoms with Gasteiger partial charge >= 0.3 is 27.5 Å². The Labute approximate surface area is 132 Å². The van der Waals surface area contributed by atoms with Gasteiger partial charge in [0.1, 0.15) is 12.1 Å². The number of halogens is 5. The third-order valence-electron chi connectivity index (χ3n) is 3.60. The lowest BCUT2D eigenvalue weighted by molar-refractivity contribution is -0.157. The van der Waals surface area contributed by atoms with Crippen LogP contribution in [0.4, 0.5) is 22.0 Å². The quantitative estimate of drug-likeness (QED) is 0.314. The first-order chi connectivity index (χ1) is 10.8. The summed E-state index contributed by atoms with van der Waals surface area (Å²) in [5.74, 6) is -8.40. The fourth-order valence-electron chi connectivity index (χ4n) is 2.53. The molecule has 0 bridgehead atoms. The molecule has 0 aromatic rings. The van der Waals surface area contributed by atoms with Gasteiger partial charge < -0.3 is 13.8 Å². The van der Waals surface area contributed by atoms with Crippen LogP contribution in [0.25, 0.3) is 0 Å². The maximum atomic E-state index is 14.3. The molecule has 7 nitrogen and oxygen atoms in total. The lowest BCUT2D eigenvalue weighted by atomic mass is 10.0. The Hall–Kier alpha value is -1.92. The molecule has 136 valence electrons. The predicted molar refractivity (Wildman–Crippen MR) is 64.8 cm³/mol. The lowest BCUT2D eigenvalue weighted by Gasteiger charge is -2.37. The highest BCUT2D eigenvalue weighted by molar-refractivity contribution is 7.87. The summed E-state index contributed by atoms with van der Waals surface area (Å²) in [5.41, 5.74) is -5.94. The van der Waals surface area contributed by atoms with Crippen molar-refractivity contribution in [2.75, 3.05) is 7.11 Å². The summed E-state index contributed by atoms with van der Waals surface area (Å²) in [5, 5.41) is 0. The molecule has 2 aliphatic heterocycles. The summed E-state index contributed by atoms with van der Waals surface area (Å²) in [7, 11) is -5.39. The van der Waals surface area contributed by atoms with Crippen LogP contribution in [0.5, 0.6) is 0 Å². The minimum absolute atomic E-state index is 0.0684. The topological polar surface area (TPSA) is 90.0 Å². The Morgan fingerprint density at radius 2 is 1.92 bits per heavy atom. The van der Waals surface area contributed by atoms with Crippen LogP contribution in [0, 0.1) is 0 Å². The SMILES string of the molecule is COC(=O)[C@@H]1CCC2N1C(=O)C=C(OS(=O)(=O)C(F)(F)F)C2(F)F. The normalized spacial score (nSPS) is 26.7. The predicted octanol–water partition coefficient (Wildman–Crippen LogP) is 0.918. The molecule has 1 amide bonds. The van der Waals surface area contributed by atoms with Crippen molar-refractivity contribution in [1.29, 1.82) is 0 Å². The van der Waals surface area contributed by atoms with Crippen molar-refractivity contribution in [3.63, 3.8) is 0 Å². The molecule has 1 fully saturated rings. The van der Waals surface area contributed by atoms with Gasteiger partial charge in [-0.05, 0) is 12.8 Å². The number of alkyl halides is 5. The molecule has 0 aromatic heterocycles. The summed E-state index contributed by atoms with van der Waals surface area (Å²) in [6.07, 6.45) is -0.738. The minimum atomic E-state index is -6.37. The van der Waals surface area contributed by atoms with Crippen LogP contribution < -0.4 is 0 Å². The maximum absolute atomic E-state index is 14.3. The van der Waals surface area contributed by atoms with Gasteiger partial charge in [-0.15, -0.1) is 0 Å². The molecule has 13 heteroatoms. The van der Waals surface area contributed by atoms with Crippen molar-refractivity contribution in [1.82, 2.24) is 4.90 Å². The number of esters is 1. The third-order valence-corrected chi connectivity index (χ3v) is 4.56. The number of methoxy groups -OCH3 is 1. The Kier molecular flexibility index (Phi) is 4.27. The monoisotopic (exact) mass is 379 g/mol. The standard InChI is InChI=1S/C11H10F5NO6S/c1-22-9(19)5-2-3-6-10(12,13)7(4-8(18)17(5)6)23-24(20,21)11(14,15)16/h4-6H,2-3H2,1H3/t5-,6?/m0/s1.